The number of terminal acetylenes is 4. The van der Waals surface area contributed by atoms with E-state index in [0.717, 1.165) is 61.2 Å². The molecule has 0 aromatic heterocycles. The molecule has 0 radical (unpaired) electrons. The minimum absolute atomic E-state index is 0.643. The molecular formula is C58H28. The van der Waals surface area contributed by atoms with E-state index in [4.69, 9.17) is 25.7 Å². The van der Waals surface area contributed by atoms with Gasteiger partial charge in [0.1, 0.15) is 5.41 Å². The van der Waals surface area contributed by atoms with Crippen LogP contribution in [0.4, 0.5) is 0 Å². The van der Waals surface area contributed by atoms with Crippen LogP contribution in [0.5, 0.6) is 0 Å². The summed E-state index contributed by atoms with van der Waals surface area (Å²) in [6.45, 7) is 8.28. The second kappa shape index (κ2) is 18.7. The monoisotopic (exact) mass is 724 g/mol. The quantitative estimate of drug-likeness (QED) is 0.163. The smallest absolute Gasteiger partial charge is 0.106 e. The zero-order chi connectivity index (χ0) is 41.4. The Balaban J connectivity index is 0.000000503. The van der Waals surface area contributed by atoms with E-state index in [9.17, 15) is 0 Å². The van der Waals surface area contributed by atoms with E-state index in [-0.39, 0.29) is 0 Å². The van der Waals surface area contributed by atoms with Crippen molar-refractivity contribution >= 4 is 0 Å². The molecule has 0 bridgehead atoms. The van der Waals surface area contributed by atoms with E-state index < -0.39 is 10.8 Å². The number of rotatable bonds is 0. The van der Waals surface area contributed by atoms with E-state index in [1.165, 1.54) is 5.56 Å². The second-order valence-corrected chi connectivity index (χ2v) is 12.9. The first kappa shape index (κ1) is 39.9. The molecule has 0 fully saturated rings. The van der Waals surface area contributed by atoms with Crippen molar-refractivity contribution in [3.63, 3.8) is 0 Å². The predicted octanol–water partition coefficient (Wildman–Crippen LogP) is 7.77. The van der Waals surface area contributed by atoms with Gasteiger partial charge in [-0.25, -0.2) is 0 Å². The van der Waals surface area contributed by atoms with Gasteiger partial charge in [0.2, 0.25) is 0 Å². The molecule has 2 aliphatic carbocycles. The van der Waals surface area contributed by atoms with Crippen LogP contribution in [0.2, 0.25) is 0 Å². The number of fused-ring (bicyclic) bond motifs is 6. The van der Waals surface area contributed by atoms with Crippen molar-refractivity contribution in [1.29, 1.82) is 0 Å². The van der Waals surface area contributed by atoms with Gasteiger partial charge in [0.25, 0.3) is 0 Å². The van der Waals surface area contributed by atoms with Crippen LogP contribution in [0, 0.1) is 189 Å². The normalized spacial score (nSPS) is 12.3. The standard InChI is InChI=1S/C47H20.C11H8/c1-7-10-13-16-19-22-29-46(6)42-32-36(4)25-27-38(42)40-35-45-41(34-43(40)46)39-28-26-37(5)33-44(39)47(45,30-23-20-17-14-11-8-2)31-24-21-18-15-12-9-3;1-3-4-5-11-8-6-10(2)7-9-11/h1-3,25-28,32-35H,4-6H3;1,6-9H,2H3. The van der Waals surface area contributed by atoms with Gasteiger partial charge in [-0.05, 0) is 215 Å². The van der Waals surface area contributed by atoms with E-state index in [1.807, 2.05) is 38.1 Å². The zero-order valence-corrected chi connectivity index (χ0v) is 32.2. The van der Waals surface area contributed by atoms with Gasteiger partial charge in [0.15, 0.2) is 0 Å². The predicted molar refractivity (Wildman–Crippen MR) is 237 cm³/mol. The molecule has 260 valence electrons. The van der Waals surface area contributed by atoms with Gasteiger partial charge < -0.3 is 0 Å². The van der Waals surface area contributed by atoms with Crippen LogP contribution in [-0.2, 0) is 10.8 Å². The molecule has 4 aromatic carbocycles. The molecule has 0 aliphatic heterocycles. The van der Waals surface area contributed by atoms with Crippen LogP contribution in [-0.4, -0.2) is 0 Å². The SMILES string of the molecule is C#CC#CC#CC#CC1(C)c2cc(C)ccc2-c2cc3c(cc21)-c1ccc(C)cc1C3(C#CC#CC#CC#C)C#CC#CC#CC#C.C#CC#Cc1ccc(C)cc1. The topological polar surface area (TPSA) is 0 Å². The molecule has 58 heavy (non-hydrogen) atoms. The number of benzene rings is 4. The third-order valence-electron chi connectivity index (χ3n) is 9.08. The lowest BCUT2D eigenvalue weighted by molar-refractivity contribution is 0.777. The first-order chi connectivity index (χ1) is 28.2. The third-order valence-corrected chi connectivity index (χ3v) is 9.08. The summed E-state index contributed by atoms with van der Waals surface area (Å²) >= 11 is 0. The largest absolute Gasteiger partial charge is 0.145 e. The van der Waals surface area contributed by atoms with Gasteiger partial charge in [0.05, 0.1) is 5.41 Å². The summed E-state index contributed by atoms with van der Waals surface area (Å²) in [6.07, 6.45) is 20.7. The summed E-state index contributed by atoms with van der Waals surface area (Å²) in [4.78, 5) is 0. The highest BCUT2D eigenvalue weighted by Gasteiger charge is 2.46. The van der Waals surface area contributed by atoms with Gasteiger partial charge >= 0.3 is 0 Å². The molecule has 0 nitrogen and oxygen atoms in total. The van der Waals surface area contributed by atoms with Gasteiger partial charge in [-0.3, -0.25) is 0 Å². The van der Waals surface area contributed by atoms with E-state index in [0.29, 0.717) is 0 Å². The molecule has 0 N–H and O–H groups in total. The van der Waals surface area contributed by atoms with Gasteiger partial charge in [-0.2, -0.15) is 0 Å². The molecule has 0 heterocycles. The Morgan fingerprint density at radius 1 is 0.362 bits per heavy atom. The molecule has 0 saturated heterocycles. The Kier molecular flexibility index (Phi) is 12.8. The molecular weight excluding hydrogens is 697 g/mol. The molecule has 0 saturated carbocycles. The molecule has 4 aromatic rings. The van der Waals surface area contributed by atoms with Crippen molar-refractivity contribution in [2.75, 3.05) is 0 Å². The number of hydrogen-bond acceptors (Lipinski definition) is 0. The third kappa shape index (κ3) is 8.74. The van der Waals surface area contributed by atoms with Gasteiger partial charge in [-0.15, -0.1) is 25.7 Å². The first-order valence-electron chi connectivity index (χ1n) is 17.6. The molecule has 0 amide bonds. The number of hydrogen-bond donors (Lipinski definition) is 0. The van der Waals surface area contributed by atoms with Crippen LogP contribution in [0.25, 0.3) is 22.3 Å². The molecule has 2 aliphatic rings. The lowest BCUT2D eigenvalue weighted by atomic mass is 9.76. The fourth-order valence-corrected chi connectivity index (χ4v) is 6.55. The minimum Gasteiger partial charge on any atom is -0.106 e. The van der Waals surface area contributed by atoms with Crippen LogP contribution in [0.15, 0.2) is 72.8 Å². The minimum atomic E-state index is -1.05. The highest BCUT2D eigenvalue weighted by Crippen LogP contribution is 2.56. The van der Waals surface area contributed by atoms with E-state index in [2.05, 4.69) is 204 Å². The Hall–Kier alpha value is -9.28. The molecule has 0 spiro atoms. The Labute approximate surface area is 344 Å². The summed E-state index contributed by atoms with van der Waals surface area (Å²) in [5.41, 5.74) is 10.9. The van der Waals surface area contributed by atoms with Crippen molar-refractivity contribution in [2.24, 2.45) is 0 Å². The van der Waals surface area contributed by atoms with Crippen molar-refractivity contribution < 1.29 is 0 Å². The van der Waals surface area contributed by atoms with Crippen LogP contribution in [0.1, 0.15) is 51.4 Å². The lowest BCUT2D eigenvalue weighted by Crippen LogP contribution is -2.22. The van der Waals surface area contributed by atoms with Crippen molar-refractivity contribution in [2.45, 2.75) is 38.5 Å². The maximum Gasteiger partial charge on any atom is 0.145 e. The fraction of sp³-hybridized carbons (Fsp3) is 0.103. The average molecular weight is 725 g/mol. The Bertz CT molecular complexity index is 3180. The Morgan fingerprint density at radius 2 is 0.741 bits per heavy atom. The van der Waals surface area contributed by atoms with Crippen LogP contribution < -0.4 is 0 Å². The highest BCUT2D eigenvalue weighted by molar-refractivity contribution is 5.93. The summed E-state index contributed by atoms with van der Waals surface area (Å²) in [5, 5.41) is 0. The van der Waals surface area contributed by atoms with E-state index >= 15 is 0 Å². The first-order valence-corrected chi connectivity index (χ1v) is 17.6. The highest BCUT2D eigenvalue weighted by atomic mass is 14.5. The molecule has 1 atom stereocenters. The number of aryl methyl sites for hydroxylation is 3. The maximum absolute atomic E-state index is 5.23. The summed E-state index contributed by atoms with van der Waals surface area (Å²) in [6, 6.07) is 25.1. The fourth-order valence-electron chi connectivity index (χ4n) is 6.55. The summed E-state index contributed by atoms with van der Waals surface area (Å²) < 4.78 is 0. The van der Waals surface area contributed by atoms with Crippen molar-refractivity contribution in [3.8, 4) is 190 Å². The summed E-state index contributed by atoms with van der Waals surface area (Å²) in [7, 11) is 0. The molecule has 0 heteroatoms. The average Bonchev–Trinajstić information content (AvgIpc) is 3.62. The van der Waals surface area contributed by atoms with E-state index in [1.54, 1.807) is 0 Å². The van der Waals surface area contributed by atoms with Crippen LogP contribution >= 0.6 is 0 Å². The van der Waals surface area contributed by atoms with Crippen LogP contribution in [0.3, 0.4) is 0 Å². The molecule has 1 unspecified atom stereocenters. The zero-order valence-electron chi connectivity index (χ0n) is 32.2. The maximum atomic E-state index is 5.23. The second-order valence-electron chi connectivity index (χ2n) is 12.9. The van der Waals surface area contributed by atoms with Gasteiger partial charge in [-0.1, -0.05) is 88.9 Å². The van der Waals surface area contributed by atoms with Crippen molar-refractivity contribution in [3.05, 3.63) is 117 Å². The summed E-state index contributed by atoms with van der Waals surface area (Å²) in [5.74, 6) is 65.6. The van der Waals surface area contributed by atoms with Gasteiger partial charge in [0, 0.05) is 5.56 Å². The molecule has 6 rings (SSSR count). The van der Waals surface area contributed by atoms with Crippen molar-refractivity contribution in [1.82, 2.24) is 0 Å². The Morgan fingerprint density at radius 3 is 1.28 bits per heavy atom. The lowest BCUT2D eigenvalue weighted by Gasteiger charge is -2.23.